The van der Waals surface area contributed by atoms with Crippen molar-refractivity contribution in [1.82, 2.24) is 9.88 Å². The molecule has 0 aliphatic carbocycles. The van der Waals surface area contributed by atoms with Crippen LogP contribution in [0.3, 0.4) is 0 Å². The van der Waals surface area contributed by atoms with E-state index in [4.69, 9.17) is 0 Å². The van der Waals surface area contributed by atoms with Crippen LogP contribution in [0, 0.1) is 0 Å². The van der Waals surface area contributed by atoms with Crippen LogP contribution >= 0.6 is 0 Å². The van der Waals surface area contributed by atoms with Crippen molar-refractivity contribution in [3.63, 3.8) is 0 Å². The van der Waals surface area contributed by atoms with E-state index in [9.17, 15) is 4.79 Å². The first-order valence-electron chi connectivity index (χ1n) is 10.1. The molecule has 0 unspecified atom stereocenters. The van der Waals surface area contributed by atoms with Crippen LogP contribution in [0.25, 0.3) is 11.1 Å². The molecule has 0 atom stereocenters. The van der Waals surface area contributed by atoms with Gasteiger partial charge in [-0.15, -0.1) is 0 Å². The zero-order chi connectivity index (χ0) is 20.1. The van der Waals surface area contributed by atoms with Crippen LogP contribution in [0.2, 0.25) is 0 Å². The first-order chi connectivity index (χ1) is 14.2. The summed E-state index contributed by atoms with van der Waals surface area (Å²) in [5, 5.41) is 2.99. The van der Waals surface area contributed by atoms with Crippen LogP contribution < -0.4 is 10.2 Å². The molecular weight excluding hydrogens is 360 g/mol. The van der Waals surface area contributed by atoms with Crippen LogP contribution in [0.4, 0.5) is 11.4 Å². The van der Waals surface area contributed by atoms with Gasteiger partial charge in [0.05, 0.1) is 0 Å². The number of hydrogen-bond acceptors (Lipinski definition) is 4. The minimum Gasteiger partial charge on any atom is -0.369 e. The number of amides is 1. The van der Waals surface area contributed by atoms with Gasteiger partial charge in [-0.2, -0.15) is 0 Å². The molecule has 1 aliphatic rings. The van der Waals surface area contributed by atoms with Crippen molar-refractivity contribution in [3.05, 3.63) is 78.6 Å². The molecule has 1 N–H and O–H groups in total. The lowest BCUT2D eigenvalue weighted by Crippen LogP contribution is -2.46. The number of rotatable bonds is 5. The van der Waals surface area contributed by atoms with Crippen molar-refractivity contribution in [2.45, 2.75) is 6.92 Å². The zero-order valence-corrected chi connectivity index (χ0v) is 16.7. The van der Waals surface area contributed by atoms with E-state index in [1.807, 2.05) is 48.5 Å². The quantitative estimate of drug-likeness (QED) is 0.716. The highest BCUT2D eigenvalue weighted by Gasteiger charge is 2.15. The maximum absolute atomic E-state index is 12.6. The molecule has 1 saturated heterocycles. The van der Waals surface area contributed by atoms with Crippen molar-refractivity contribution in [2.24, 2.45) is 0 Å². The lowest BCUT2D eigenvalue weighted by molar-refractivity contribution is 0.102. The van der Waals surface area contributed by atoms with E-state index >= 15 is 0 Å². The summed E-state index contributed by atoms with van der Waals surface area (Å²) in [5.41, 5.74) is 4.81. The summed E-state index contributed by atoms with van der Waals surface area (Å²) in [6.07, 6.45) is 3.53. The van der Waals surface area contributed by atoms with E-state index < -0.39 is 0 Å². The summed E-state index contributed by atoms with van der Waals surface area (Å²) in [6.45, 7) is 7.61. The number of anilines is 2. The Bertz CT molecular complexity index is 931. The molecule has 1 aliphatic heterocycles. The number of benzene rings is 2. The maximum atomic E-state index is 12.6. The van der Waals surface area contributed by atoms with E-state index in [0.29, 0.717) is 5.56 Å². The highest BCUT2D eigenvalue weighted by atomic mass is 16.1. The van der Waals surface area contributed by atoms with Gasteiger partial charge in [-0.3, -0.25) is 9.78 Å². The number of pyridine rings is 1. The molecular formula is C24H26N4O. The second-order valence-electron chi connectivity index (χ2n) is 7.24. The predicted octanol–water partition coefficient (Wildman–Crippen LogP) is 4.14. The van der Waals surface area contributed by atoms with E-state index in [0.717, 1.165) is 49.5 Å². The Hall–Kier alpha value is -3.18. The van der Waals surface area contributed by atoms with Crippen LogP contribution in [-0.4, -0.2) is 48.5 Å². The third kappa shape index (κ3) is 4.63. The third-order valence-corrected chi connectivity index (χ3v) is 5.47. The number of nitrogens with zero attached hydrogens (tertiary/aromatic N) is 3. The number of carbonyl (C=O) groups is 1. The standard InChI is InChI=1S/C24H26N4O/c1-2-27-15-17-28(18-16-27)23-9-7-22(8-10-23)26-24(29)21-5-3-19(4-6-21)20-11-13-25-14-12-20/h3-14H,2,15-18H2,1H3,(H,26,29). The van der Waals surface area contributed by atoms with Crippen LogP contribution in [0.1, 0.15) is 17.3 Å². The SMILES string of the molecule is CCN1CCN(c2ccc(NC(=O)c3ccc(-c4ccncc4)cc3)cc2)CC1. The van der Waals surface area contributed by atoms with Gasteiger partial charge in [0.15, 0.2) is 0 Å². The predicted molar refractivity (Wildman–Crippen MR) is 118 cm³/mol. The van der Waals surface area contributed by atoms with Crippen molar-refractivity contribution in [1.29, 1.82) is 0 Å². The Morgan fingerprint density at radius 3 is 2.10 bits per heavy atom. The first kappa shape index (κ1) is 19.2. The molecule has 0 saturated carbocycles. The van der Waals surface area contributed by atoms with Gasteiger partial charge in [0, 0.05) is 55.5 Å². The number of hydrogen-bond donors (Lipinski definition) is 1. The number of likely N-dealkylation sites (N-methyl/N-ethyl adjacent to an activating group) is 1. The maximum Gasteiger partial charge on any atom is 0.255 e. The van der Waals surface area contributed by atoms with Crippen LogP contribution in [0.5, 0.6) is 0 Å². The highest BCUT2D eigenvalue weighted by Crippen LogP contribution is 2.21. The van der Waals surface area contributed by atoms with Crippen molar-refractivity contribution < 1.29 is 4.79 Å². The van der Waals surface area contributed by atoms with E-state index in [-0.39, 0.29) is 5.91 Å². The third-order valence-electron chi connectivity index (χ3n) is 5.47. The Morgan fingerprint density at radius 1 is 0.862 bits per heavy atom. The summed E-state index contributed by atoms with van der Waals surface area (Å²) in [5.74, 6) is -0.101. The van der Waals surface area contributed by atoms with Gasteiger partial charge >= 0.3 is 0 Å². The van der Waals surface area contributed by atoms with E-state index in [1.54, 1.807) is 12.4 Å². The summed E-state index contributed by atoms with van der Waals surface area (Å²) < 4.78 is 0. The van der Waals surface area contributed by atoms with Gasteiger partial charge in [-0.1, -0.05) is 19.1 Å². The summed E-state index contributed by atoms with van der Waals surface area (Å²) >= 11 is 0. The first-order valence-corrected chi connectivity index (χ1v) is 10.1. The Labute approximate surface area is 172 Å². The van der Waals surface area contributed by atoms with E-state index in [2.05, 4.69) is 39.2 Å². The Kier molecular flexibility index (Phi) is 5.86. The molecule has 148 valence electrons. The second kappa shape index (κ2) is 8.88. The summed E-state index contributed by atoms with van der Waals surface area (Å²) in [4.78, 5) is 21.5. The lowest BCUT2D eigenvalue weighted by atomic mass is 10.0. The van der Waals surface area contributed by atoms with Crippen LogP contribution in [0.15, 0.2) is 73.1 Å². The molecule has 1 aromatic heterocycles. The van der Waals surface area contributed by atoms with Gasteiger partial charge in [-0.05, 0) is 66.2 Å². The van der Waals surface area contributed by atoms with Crippen LogP contribution in [-0.2, 0) is 0 Å². The Balaban J connectivity index is 1.37. The fraction of sp³-hybridized carbons (Fsp3) is 0.250. The molecule has 5 heteroatoms. The van der Waals surface area contributed by atoms with Gasteiger partial charge in [0.25, 0.3) is 5.91 Å². The van der Waals surface area contributed by atoms with Gasteiger partial charge in [0.1, 0.15) is 0 Å². The smallest absolute Gasteiger partial charge is 0.255 e. The average molecular weight is 386 g/mol. The summed E-state index contributed by atoms with van der Waals surface area (Å²) in [6, 6.07) is 19.7. The minimum absolute atomic E-state index is 0.101. The van der Waals surface area contributed by atoms with Gasteiger partial charge < -0.3 is 15.1 Å². The van der Waals surface area contributed by atoms with Crippen molar-refractivity contribution >= 4 is 17.3 Å². The van der Waals surface area contributed by atoms with E-state index in [1.165, 1.54) is 5.69 Å². The summed E-state index contributed by atoms with van der Waals surface area (Å²) in [7, 11) is 0. The molecule has 1 amide bonds. The van der Waals surface area contributed by atoms with Gasteiger partial charge in [-0.25, -0.2) is 0 Å². The number of piperazine rings is 1. The topological polar surface area (TPSA) is 48.5 Å². The normalized spacial score (nSPS) is 14.6. The van der Waals surface area contributed by atoms with Crippen molar-refractivity contribution in [3.8, 4) is 11.1 Å². The average Bonchev–Trinajstić information content (AvgIpc) is 2.80. The minimum atomic E-state index is -0.101. The molecule has 3 aromatic rings. The molecule has 0 bridgehead atoms. The second-order valence-corrected chi connectivity index (χ2v) is 7.24. The number of carbonyl (C=O) groups excluding carboxylic acids is 1. The number of nitrogens with one attached hydrogen (secondary N) is 1. The molecule has 5 nitrogen and oxygen atoms in total. The fourth-order valence-corrected chi connectivity index (χ4v) is 3.64. The number of aromatic nitrogens is 1. The molecule has 0 spiro atoms. The largest absolute Gasteiger partial charge is 0.369 e. The molecule has 29 heavy (non-hydrogen) atoms. The lowest BCUT2D eigenvalue weighted by Gasteiger charge is -2.35. The van der Waals surface area contributed by atoms with Crippen molar-refractivity contribution in [2.75, 3.05) is 42.9 Å². The van der Waals surface area contributed by atoms with Gasteiger partial charge in [0.2, 0.25) is 0 Å². The molecule has 4 rings (SSSR count). The molecule has 2 heterocycles. The Morgan fingerprint density at radius 2 is 1.48 bits per heavy atom. The zero-order valence-electron chi connectivity index (χ0n) is 16.7. The fourth-order valence-electron chi connectivity index (χ4n) is 3.64. The molecule has 1 fully saturated rings. The molecule has 0 radical (unpaired) electrons. The molecule has 2 aromatic carbocycles. The monoisotopic (exact) mass is 386 g/mol. The highest BCUT2D eigenvalue weighted by molar-refractivity contribution is 6.04.